The summed E-state index contributed by atoms with van der Waals surface area (Å²) in [5.74, 6) is 2.31. The van der Waals surface area contributed by atoms with Gasteiger partial charge in [0, 0.05) is 24.0 Å². The first kappa shape index (κ1) is 12.8. The van der Waals surface area contributed by atoms with Gasteiger partial charge in [0.05, 0.1) is 5.25 Å². The highest BCUT2D eigenvalue weighted by atomic mass is 32.2. The summed E-state index contributed by atoms with van der Waals surface area (Å²) in [6, 6.07) is 0. The van der Waals surface area contributed by atoms with Gasteiger partial charge in [0.25, 0.3) is 0 Å². The van der Waals surface area contributed by atoms with Gasteiger partial charge >= 0.3 is 0 Å². The standard InChI is InChI=1S/C13H21N3S/c1-3-5-11-10(8-14-2)9-15-13(16-11)12-6-4-7-17-12/h9,12,14H,3-8H2,1-2H3. The highest BCUT2D eigenvalue weighted by molar-refractivity contribution is 7.99. The second-order valence-electron chi connectivity index (χ2n) is 4.48. The minimum Gasteiger partial charge on any atom is -0.316 e. The number of nitrogens with zero attached hydrogens (tertiary/aromatic N) is 2. The number of aromatic nitrogens is 2. The second kappa shape index (κ2) is 6.36. The summed E-state index contributed by atoms with van der Waals surface area (Å²) < 4.78 is 0. The van der Waals surface area contributed by atoms with Crippen molar-refractivity contribution in [2.24, 2.45) is 0 Å². The molecule has 4 heteroatoms. The van der Waals surface area contributed by atoms with Gasteiger partial charge in [-0.25, -0.2) is 9.97 Å². The Balaban J connectivity index is 2.20. The lowest BCUT2D eigenvalue weighted by molar-refractivity contribution is 0.725. The zero-order valence-electron chi connectivity index (χ0n) is 10.7. The van der Waals surface area contributed by atoms with Gasteiger partial charge in [0.2, 0.25) is 0 Å². The van der Waals surface area contributed by atoms with Crippen LogP contribution in [0.15, 0.2) is 6.20 Å². The minimum atomic E-state index is 0.536. The van der Waals surface area contributed by atoms with E-state index in [2.05, 4.69) is 17.2 Å². The van der Waals surface area contributed by atoms with Crippen LogP contribution in [0.5, 0.6) is 0 Å². The van der Waals surface area contributed by atoms with Crippen LogP contribution in [0.3, 0.4) is 0 Å². The van der Waals surface area contributed by atoms with E-state index in [0.717, 1.165) is 25.2 Å². The van der Waals surface area contributed by atoms with E-state index in [0.29, 0.717) is 5.25 Å². The minimum absolute atomic E-state index is 0.536. The highest BCUT2D eigenvalue weighted by Gasteiger charge is 2.21. The van der Waals surface area contributed by atoms with Gasteiger partial charge in [-0.1, -0.05) is 13.3 Å². The number of hydrogen-bond donors (Lipinski definition) is 1. The van der Waals surface area contributed by atoms with Crippen molar-refractivity contribution in [2.75, 3.05) is 12.8 Å². The number of rotatable bonds is 5. The first-order chi connectivity index (χ1) is 8.35. The molecule has 1 aliphatic rings. The molecule has 0 saturated carbocycles. The summed E-state index contributed by atoms with van der Waals surface area (Å²) in [6.07, 6.45) is 6.76. The molecule has 1 saturated heterocycles. The van der Waals surface area contributed by atoms with Gasteiger partial charge in [-0.05, 0) is 32.1 Å². The molecule has 1 fully saturated rings. The average Bonchev–Trinajstić information content (AvgIpc) is 2.85. The van der Waals surface area contributed by atoms with E-state index >= 15 is 0 Å². The average molecular weight is 251 g/mol. The molecule has 1 N–H and O–H groups in total. The molecule has 0 radical (unpaired) electrons. The lowest BCUT2D eigenvalue weighted by Crippen LogP contribution is -2.12. The molecule has 1 aliphatic heterocycles. The molecular formula is C13H21N3S. The maximum atomic E-state index is 4.79. The van der Waals surface area contributed by atoms with Crippen molar-refractivity contribution in [2.45, 2.75) is 44.4 Å². The first-order valence-corrected chi connectivity index (χ1v) is 7.51. The topological polar surface area (TPSA) is 37.8 Å². The van der Waals surface area contributed by atoms with Crippen LogP contribution in [0.25, 0.3) is 0 Å². The van der Waals surface area contributed by atoms with Crippen molar-refractivity contribution in [3.05, 3.63) is 23.3 Å². The molecule has 0 aromatic carbocycles. The lowest BCUT2D eigenvalue weighted by Gasteiger charge is -2.12. The molecule has 1 aromatic rings. The van der Waals surface area contributed by atoms with Crippen molar-refractivity contribution in [1.82, 2.24) is 15.3 Å². The van der Waals surface area contributed by atoms with Gasteiger partial charge < -0.3 is 5.32 Å². The number of thioether (sulfide) groups is 1. The van der Waals surface area contributed by atoms with Crippen LogP contribution in [-0.2, 0) is 13.0 Å². The third kappa shape index (κ3) is 3.19. The molecule has 2 rings (SSSR count). The van der Waals surface area contributed by atoms with Gasteiger partial charge in [0.1, 0.15) is 5.82 Å². The molecule has 0 amide bonds. The fourth-order valence-corrected chi connectivity index (χ4v) is 3.40. The Morgan fingerprint density at radius 1 is 1.53 bits per heavy atom. The summed E-state index contributed by atoms with van der Waals surface area (Å²) in [5, 5.41) is 3.72. The van der Waals surface area contributed by atoms with E-state index in [4.69, 9.17) is 4.98 Å². The fourth-order valence-electron chi connectivity index (χ4n) is 2.19. The normalized spacial score (nSPS) is 19.8. The van der Waals surface area contributed by atoms with Gasteiger partial charge in [-0.3, -0.25) is 0 Å². The van der Waals surface area contributed by atoms with Crippen LogP contribution in [0.1, 0.15) is 48.5 Å². The Hall–Kier alpha value is -0.610. The number of nitrogens with one attached hydrogen (secondary N) is 1. The third-order valence-corrected chi connectivity index (χ3v) is 4.42. The predicted molar refractivity (Wildman–Crippen MR) is 73.2 cm³/mol. The van der Waals surface area contributed by atoms with Crippen molar-refractivity contribution < 1.29 is 0 Å². The number of hydrogen-bond acceptors (Lipinski definition) is 4. The molecule has 2 heterocycles. The first-order valence-electron chi connectivity index (χ1n) is 6.46. The summed E-state index contributed by atoms with van der Waals surface area (Å²) in [4.78, 5) is 9.34. The van der Waals surface area contributed by atoms with Crippen LogP contribution in [0.2, 0.25) is 0 Å². The summed E-state index contributed by atoms with van der Waals surface area (Å²) in [7, 11) is 1.97. The van der Waals surface area contributed by atoms with Crippen LogP contribution >= 0.6 is 11.8 Å². The summed E-state index contributed by atoms with van der Waals surface area (Å²) >= 11 is 2.00. The maximum absolute atomic E-state index is 4.79. The summed E-state index contributed by atoms with van der Waals surface area (Å²) in [5.41, 5.74) is 2.49. The lowest BCUT2D eigenvalue weighted by atomic mass is 10.1. The predicted octanol–water partition coefficient (Wildman–Crippen LogP) is 2.72. The van der Waals surface area contributed by atoms with Crippen LogP contribution in [0, 0.1) is 0 Å². The van der Waals surface area contributed by atoms with E-state index < -0.39 is 0 Å². The van der Waals surface area contributed by atoms with E-state index in [1.54, 1.807) is 0 Å². The Labute approximate surface area is 108 Å². The van der Waals surface area contributed by atoms with Crippen molar-refractivity contribution in [1.29, 1.82) is 0 Å². The zero-order chi connectivity index (χ0) is 12.1. The SMILES string of the molecule is CCCc1nc(C2CCCS2)ncc1CNC. The molecular weight excluding hydrogens is 230 g/mol. The Bertz CT molecular complexity index is 362. The van der Waals surface area contributed by atoms with Crippen molar-refractivity contribution >= 4 is 11.8 Å². The van der Waals surface area contributed by atoms with E-state index in [1.807, 2.05) is 25.0 Å². The molecule has 1 aromatic heterocycles. The van der Waals surface area contributed by atoms with Crippen molar-refractivity contribution in [3.63, 3.8) is 0 Å². The van der Waals surface area contributed by atoms with Gasteiger partial charge in [0.15, 0.2) is 0 Å². The molecule has 3 nitrogen and oxygen atoms in total. The monoisotopic (exact) mass is 251 g/mol. The number of aryl methyl sites for hydroxylation is 1. The zero-order valence-corrected chi connectivity index (χ0v) is 11.5. The smallest absolute Gasteiger partial charge is 0.141 e. The molecule has 0 spiro atoms. The molecule has 0 bridgehead atoms. The molecule has 1 atom stereocenters. The van der Waals surface area contributed by atoms with Gasteiger partial charge in [-0.15, -0.1) is 0 Å². The third-order valence-electron chi connectivity index (χ3n) is 3.04. The van der Waals surface area contributed by atoms with E-state index in [-0.39, 0.29) is 0 Å². The Morgan fingerprint density at radius 2 is 2.41 bits per heavy atom. The van der Waals surface area contributed by atoms with Crippen molar-refractivity contribution in [3.8, 4) is 0 Å². The molecule has 1 unspecified atom stereocenters. The van der Waals surface area contributed by atoms with Crippen LogP contribution < -0.4 is 5.32 Å². The van der Waals surface area contributed by atoms with E-state index in [1.165, 1.54) is 29.9 Å². The fraction of sp³-hybridized carbons (Fsp3) is 0.692. The Kier molecular flexibility index (Phi) is 4.80. The Morgan fingerprint density at radius 3 is 3.06 bits per heavy atom. The summed E-state index contributed by atoms with van der Waals surface area (Å²) in [6.45, 7) is 3.07. The quantitative estimate of drug-likeness (QED) is 0.873. The molecule has 94 valence electrons. The molecule has 17 heavy (non-hydrogen) atoms. The van der Waals surface area contributed by atoms with Gasteiger partial charge in [-0.2, -0.15) is 11.8 Å². The van der Waals surface area contributed by atoms with E-state index in [9.17, 15) is 0 Å². The highest BCUT2D eigenvalue weighted by Crippen LogP contribution is 2.38. The van der Waals surface area contributed by atoms with Crippen LogP contribution in [-0.4, -0.2) is 22.8 Å². The molecule has 0 aliphatic carbocycles. The maximum Gasteiger partial charge on any atom is 0.141 e. The second-order valence-corrected chi connectivity index (χ2v) is 5.79. The largest absolute Gasteiger partial charge is 0.316 e. The van der Waals surface area contributed by atoms with Crippen LogP contribution in [0.4, 0.5) is 0 Å².